The molecule has 1 unspecified atom stereocenters. The summed E-state index contributed by atoms with van der Waals surface area (Å²) in [6, 6.07) is 1.40. The molecule has 5 nitrogen and oxygen atoms in total. The largest absolute Gasteiger partial charge is 0.477 e. The smallest absolute Gasteiger partial charge is 0.346 e. The molecule has 0 aromatic carbocycles. The van der Waals surface area contributed by atoms with E-state index in [1.807, 2.05) is 6.92 Å². The second kappa shape index (κ2) is 5.43. The maximum Gasteiger partial charge on any atom is 0.346 e. The van der Waals surface area contributed by atoms with Crippen LogP contribution in [0.4, 0.5) is 0 Å². The number of carbonyl (C=O) groups is 1. The number of carboxylic acids is 1. The van der Waals surface area contributed by atoms with Crippen LogP contribution >= 0.6 is 23.1 Å². The monoisotopic (exact) mass is 321 g/mol. The molecule has 0 amide bonds. The van der Waals surface area contributed by atoms with Gasteiger partial charge in [0.25, 0.3) is 10.0 Å². The Hall–Kier alpha value is -0.570. The minimum atomic E-state index is -3.57. The van der Waals surface area contributed by atoms with Crippen molar-refractivity contribution in [2.45, 2.75) is 24.1 Å². The van der Waals surface area contributed by atoms with Crippen molar-refractivity contribution in [3.8, 4) is 0 Å². The Balaban J connectivity index is 2.39. The average Bonchev–Trinajstić information content (AvgIpc) is 2.72. The predicted molar refractivity (Wildman–Crippen MR) is 76.7 cm³/mol. The van der Waals surface area contributed by atoms with E-state index in [1.54, 1.807) is 18.7 Å². The van der Waals surface area contributed by atoms with Gasteiger partial charge in [-0.2, -0.15) is 16.1 Å². The number of sulfonamides is 1. The highest BCUT2D eigenvalue weighted by atomic mass is 32.2. The summed E-state index contributed by atoms with van der Waals surface area (Å²) >= 11 is 2.57. The number of carboxylic acid groups (broad SMARTS) is 1. The van der Waals surface area contributed by atoms with Gasteiger partial charge < -0.3 is 5.11 Å². The van der Waals surface area contributed by atoms with Crippen molar-refractivity contribution in [2.75, 3.05) is 18.1 Å². The van der Waals surface area contributed by atoms with E-state index >= 15 is 0 Å². The molecular weight excluding hydrogens is 306 g/mol. The van der Waals surface area contributed by atoms with Crippen molar-refractivity contribution in [2.24, 2.45) is 0 Å². The molecule has 1 N–H and O–H groups in total. The highest BCUT2D eigenvalue weighted by Crippen LogP contribution is 2.31. The molecule has 2 heterocycles. The van der Waals surface area contributed by atoms with Gasteiger partial charge in [0, 0.05) is 24.1 Å². The van der Waals surface area contributed by atoms with E-state index < -0.39 is 16.0 Å². The van der Waals surface area contributed by atoms with Crippen LogP contribution in [0.5, 0.6) is 0 Å². The number of aryl methyl sites for hydroxylation is 1. The molecule has 0 bridgehead atoms. The van der Waals surface area contributed by atoms with Crippen LogP contribution in [-0.4, -0.2) is 47.9 Å². The predicted octanol–water partition coefficient (Wildman–Crippen LogP) is 1.88. The first-order valence-electron chi connectivity index (χ1n) is 5.77. The average molecular weight is 321 g/mol. The Morgan fingerprint density at radius 2 is 2.21 bits per heavy atom. The van der Waals surface area contributed by atoms with E-state index in [4.69, 9.17) is 5.11 Å². The molecule has 0 aliphatic carbocycles. The lowest BCUT2D eigenvalue weighted by atomic mass is 10.3. The standard InChI is InChI=1S/C11H15NO4S3/c1-7-5-9(18-10(7)11(13)14)19(15,16)12-3-4-17-6-8(12)2/h5,8H,3-4,6H2,1-2H3,(H,13,14). The van der Waals surface area contributed by atoms with E-state index in [9.17, 15) is 13.2 Å². The van der Waals surface area contributed by atoms with E-state index in [0.717, 1.165) is 22.8 Å². The molecule has 1 aromatic heterocycles. The van der Waals surface area contributed by atoms with Crippen LogP contribution in [0.3, 0.4) is 0 Å². The lowest BCUT2D eigenvalue weighted by molar-refractivity contribution is 0.0701. The second-order valence-corrected chi connectivity index (χ2v) is 8.74. The van der Waals surface area contributed by atoms with Gasteiger partial charge in [-0.15, -0.1) is 11.3 Å². The van der Waals surface area contributed by atoms with Crippen LogP contribution in [0.2, 0.25) is 0 Å². The second-order valence-electron chi connectivity index (χ2n) is 4.42. The first kappa shape index (κ1) is 14.8. The van der Waals surface area contributed by atoms with Gasteiger partial charge in [0.15, 0.2) is 0 Å². The number of aromatic carboxylic acids is 1. The first-order valence-corrected chi connectivity index (χ1v) is 9.18. The summed E-state index contributed by atoms with van der Waals surface area (Å²) in [6.07, 6.45) is 0. The van der Waals surface area contributed by atoms with E-state index in [-0.39, 0.29) is 15.1 Å². The van der Waals surface area contributed by atoms with Crippen LogP contribution in [0.1, 0.15) is 22.2 Å². The van der Waals surface area contributed by atoms with Gasteiger partial charge in [-0.3, -0.25) is 0 Å². The molecular formula is C11H15NO4S3. The van der Waals surface area contributed by atoms with Crippen LogP contribution in [0.15, 0.2) is 10.3 Å². The Labute approximate surface area is 120 Å². The molecule has 8 heteroatoms. The Bertz CT molecular complexity index is 593. The summed E-state index contributed by atoms with van der Waals surface area (Å²) in [7, 11) is -3.57. The summed E-state index contributed by atoms with van der Waals surface area (Å²) in [5.41, 5.74) is 0.495. The van der Waals surface area contributed by atoms with Crippen LogP contribution in [0, 0.1) is 6.92 Å². The third-order valence-electron chi connectivity index (χ3n) is 2.96. The molecule has 1 aromatic rings. The first-order chi connectivity index (χ1) is 8.84. The van der Waals surface area contributed by atoms with Gasteiger partial charge in [0.1, 0.15) is 9.09 Å². The summed E-state index contributed by atoms with van der Waals surface area (Å²) < 4.78 is 26.6. The molecule has 2 rings (SSSR count). The summed E-state index contributed by atoms with van der Waals surface area (Å²) in [5, 5.41) is 9.01. The molecule has 1 saturated heterocycles. The zero-order valence-electron chi connectivity index (χ0n) is 10.6. The maximum atomic E-state index is 12.5. The van der Waals surface area contributed by atoms with Gasteiger partial charge >= 0.3 is 5.97 Å². The van der Waals surface area contributed by atoms with E-state index in [2.05, 4.69) is 0 Å². The van der Waals surface area contributed by atoms with Crippen molar-refractivity contribution in [3.05, 3.63) is 16.5 Å². The third-order valence-corrected chi connectivity index (χ3v) is 7.84. The molecule has 1 fully saturated rings. The lowest BCUT2D eigenvalue weighted by Gasteiger charge is -2.31. The minimum Gasteiger partial charge on any atom is -0.477 e. The molecule has 1 aliphatic rings. The highest BCUT2D eigenvalue weighted by molar-refractivity contribution is 7.99. The zero-order chi connectivity index (χ0) is 14.2. The molecule has 0 saturated carbocycles. The fraction of sp³-hybridized carbons (Fsp3) is 0.545. The summed E-state index contributed by atoms with van der Waals surface area (Å²) in [5.74, 6) is 0.473. The number of thiophene rings is 1. The number of hydrogen-bond donors (Lipinski definition) is 1. The van der Waals surface area contributed by atoms with Gasteiger partial charge in [-0.05, 0) is 25.5 Å². The van der Waals surface area contributed by atoms with Crippen LogP contribution < -0.4 is 0 Å². The Kier molecular flexibility index (Phi) is 4.24. The maximum absolute atomic E-state index is 12.5. The third kappa shape index (κ3) is 2.81. The van der Waals surface area contributed by atoms with E-state index in [0.29, 0.717) is 12.1 Å². The summed E-state index contributed by atoms with van der Waals surface area (Å²) in [4.78, 5) is 11.1. The highest BCUT2D eigenvalue weighted by Gasteiger charge is 2.33. The fourth-order valence-corrected chi connectivity index (χ4v) is 6.34. The van der Waals surface area contributed by atoms with Crippen molar-refractivity contribution >= 4 is 39.1 Å². The fourth-order valence-electron chi connectivity index (χ4n) is 1.98. The van der Waals surface area contributed by atoms with Crippen molar-refractivity contribution in [3.63, 3.8) is 0 Å². The molecule has 1 aliphatic heterocycles. The number of hydrogen-bond acceptors (Lipinski definition) is 5. The van der Waals surface area contributed by atoms with Gasteiger partial charge in [0.2, 0.25) is 0 Å². The van der Waals surface area contributed by atoms with Crippen molar-refractivity contribution in [1.29, 1.82) is 0 Å². The van der Waals surface area contributed by atoms with Gasteiger partial charge in [-0.25, -0.2) is 13.2 Å². The minimum absolute atomic E-state index is 0.0561. The number of thioether (sulfide) groups is 1. The SMILES string of the molecule is Cc1cc(S(=O)(=O)N2CCSCC2C)sc1C(=O)O. The van der Waals surface area contributed by atoms with Crippen molar-refractivity contribution in [1.82, 2.24) is 4.31 Å². The molecule has 0 spiro atoms. The zero-order valence-corrected chi connectivity index (χ0v) is 13.1. The summed E-state index contributed by atoms with van der Waals surface area (Å²) in [6.45, 7) is 3.98. The number of nitrogens with zero attached hydrogens (tertiary/aromatic N) is 1. The van der Waals surface area contributed by atoms with Crippen LogP contribution in [0.25, 0.3) is 0 Å². The number of rotatable bonds is 3. The van der Waals surface area contributed by atoms with Gasteiger partial charge in [-0.1, -0.05) is 0 Å². The molecule has 1 atom stereocenters. The van der Waals surface area contributed by atoms with Crippen LogP contribution in [-0.2, 0) is 10.0 Å². The Morgan fingerprint density at radius 3 is 2.74 bits per heavy atom. The Morgan fingerprint density at radius 1 is 1.53 bits per heavy atom. The topological polar surface area (TPSA) is 74.7 Å². The normalized spacial score (nSPS) is 21.5. The van der Waals surface area contributed by atoms with Crippen molar-refractivity contribution < 1.29 is 18.3 Å². The quantitative estimate of drug-likeness (QED) is 0.920. The van der Waals surface area contributed by atoms with E-state index in [1.165, 1.54) is 10.4 Å². The molecule has 106 valence electrons. The molecule has 19 heavy (non-hydrogen) atoms. The lowest BCUT2D eigenvalue weighted by Crippen LogP contribution is -2.44. The van der Waals surface area contributed by atoms with Gasteiger partial charge in [0.05, 0.1) is 0 Å². The molecule has 0 radical (unpaired) electrons.